The van der Waals surface area contributed by atoms with Crippen molar-refractivity contribution in [2.45, 2.75) is 38.1 Å². The molecule has 3 heterocycles. The molecular weight excluding hydrogens is 490 g/mol. The molecule has 0 radical (unpaired) electrons. The van der Waals surface area contributed by atoms with Crippen LogP contribution >= 0.6 is 11.3 Å². The largest absolute Gasteiger partial charge is 0.497 e. The molecule has 1 aliphatic heterocycles. The molecule has 2 atom stereocenters. The molecule has 0 unspecified atom stereocenters. The molecular formula is C27H29N5O4S. The number of amides is 2. The van der Waals surface area contributed by atoms with Gasteiger partial charge in [-0.3, -0.25) is 9.59 Å². The van der Waals surface area contributed by atoms with E-state index in [1.54, 1.807) is 22.8 Å². The molecule has 192 valence electrons. The highest BCUT2D eigenvalue weighted by atomic mass is 32.1. The maximum Gasteiger partial charge on any atom is 0.247 e. The molecule has 9 nitrogen and oxygen atoms in total. The number of rotatable bonds is 10. The number of benzene rings is 2. The summed E-state index contributed by atoms with van der Waals surface area (Å²) < 4.78 is 12.7. The zero-order chi connectivity index (χ0) is 25.6. The van der Waals surface area contributed by atoms with Gasteiger partial charge >= 0.3 is 0 Å². The van der Waals surface area contributed by atoms with Crippen molar-refractivity contribution in [1.82, 2.24) is 25.2 Å². The van der Waals surface area contributed by atoms with Crippen LogP contribution in [-0.4, -0.2) is 58.1 Å². The molecule has 1 fully saturated rings. The van der Waals surface area contributed by atoms with Crippen molar-refractivity contribution in [3.8, 4) is 5.75 Å². The molecule has 2 aromatic carbocycles. The first-order valence-electron chi connectivity index (χ1n) is 12.3. The van der Waals surface area contributed by atoms with Crippen LogP contribution in [0.3, 0.4) is 0 Å². The van der Waals surface area contributed by atoms with Crippen LogP contribution in [0.1, 0.15) is 29.3 Å². The molecule has 4 aromatic rings. The first-order valence-corrected chi connectivity index (χ1v) is 13.1. The molecule has 1 saturated heterocycles. The van der Waals surface area contributed by atoms with E-state index in [-0.39, 0.29) is 31.0 Å². The van der Waals surface area contributed by atoms with E-state index in [0.717, 1.165) is 23.2 Å². The summed E-state index contributed by atoms with van der Waals surface area (Å²) in [5.74, 6) is 0.0986. The Morgan fingerprint density at radius 2 is 2.11 bits per heavy atom. The summed E-state index contributed by atoms with van der Waals surface area (Å²) in [5, 5.41) is 13.4. The van der Waals surface area contributed by atoms with E-state index >= 15 is 0 Å². The Balaban J connectivity index is 1.49. The van der Waals surface area contributed by atoms with E-state index in [4.69, 9.17) is 9.47 Å². The first-order chi connectivity index (χ1) is 18.1. The fourth-order valence-electron chi connectivity index (χ4n) is 4.55. The predicted octanol–water partition coefficient (Wildman–Crippen LogP) is 3.57. The molecule has 2 amide bonds. The second kappa shape index (κ2) is 11.5. The molecule has 0 bridgehead atoms. The van der Waals surface area contributed by atoms with Crippen molar-refractivity contribution >= 4 is 34.2 Å². The van der Waals surface area contributed by atoms with E-state index < -0.39 is 6.04 Å². The fraction of sp³-hybridized carbons (Fsp3) is 0.333. The average molecular weight is 520 g/mol. The quantitative estimate of drug-likeness (QED) is 0.344. The number of methoxy groups -OCH3 is 1. The number of nitrogens with zero attached hydrogens (tertiary/aromatic N) is 4. The van der Waals surface area contributed by atoms with Gasteiger partial charge in [0.05, 0.1) is 25.3 Å². The SMILES string of the molecule is COc1cccc([C@@H](C(=O)NC[C@@H]2CCCO2)N(Cc2cccs2)C(=O)Cn2nnc3ccccc32)c1. The third-order valence-electron chi connectivity index (χ3n) is 6.43. The number of hydrogen-bond acceptors (Lipinski definition) is 7. The van der Waals surface area contributed by atoms with Crippen molar-refractivity contribution in [2.24, 2.45) is 0 Å². The Labute approximate surface area is 219 Å². The van der Waals surface area contributed by atoms with Crippen LogP contribution < -0.4 is 10.1 Å². The Kier molecular flexibility index (Phi) is 7.76. The van der Waals surface area contributed by atoms with E-state index in [1.807, 2.05) is 60.0 Å². The number of aromatic nitrogens is 3. The van der Waals surface area contributed by atoms with Crippen LogP contribution in [0.4, 0.5) is 0 Å². The summed E-state index contributed by atoms with van der Waals surface area (Å²) in [7, 11) is 1.58. The highest BCUT2D eigenvalue weighted by molar-refractivity contribution is 7.09. The molecule has 0 aliphatic carbocycles. The van der Waals surface area contributed by atoms with E-state index in [1.165, 1.54) is 11.3 Å². The number of para-hydroxylation sites is 1. The minimum absolute atomic E-state index is 0.0159. The number of hydrogen-bond donors (Lipinski definition) is 1. The normalized spacial score (nSPS) is 16.0. The Morgan fingerprint density at radius 3 is 2.89 bits per heavy atom. The van der Waals surface area contributed by atoms with Gasteiger partial charge in [-0.1, -0.05) is 35.5 Å². The second-order valence-electron chi connectivity index (χ2n) is 8.90. The average Bonchev–Trinajstić information content (AvgIpc) is 3.70. The van der Waals surface area contributed by atoms with Crippen LogP contribution in [0, 0.1) is 0 Å². The monoisotopic (exact) mass is 519 g/mol. The third-order valence-corrected chi connectivity index (χ3v) is 7.29. The lowest BCUT2D eigenvalue weighted by atomic mass is 10.0. The summed E-state index contributed by atoms with van der Waals surface area (Å²) in [6.07, 6.45) is 1.87. The maximum absolute atomic E-state index is 13.9. The summed E-state index contributed by atoms with van der Waals surface area (Å²) in [4.78, 5) is 30.3. The van der Waals surface area contributed by atoms with E-state index in [2.05, 4.69) is 15.6 Å². The van der Waals surface area contributed by atoms with Gasteiger partial charge in [-0.25, -0.2) is 4.68 Å². The van der Waals surface area contributed by atoms with E-state index in [0.29, 0.717) is 30.0 Å². The van der Waals surface area contributed by atoms with Crippen molar-refractivity contribution in [1.29, 1.82) is 0 Å². The van der Waals surface area contributed by atoms with Gasteiger partial charge in [0, 0.05) is 18.0 Å². The number of carbonyl (C=O) groups is 2. The van der Waals surface area contributed by atoms with Gasteiger partial charge in [-0.05, 0) is 54.1 Å². The fourth-order valence-corrected chi connectivity index (χ4v) is 5.25. The lowest BCUT2D eigenvalue weighted by Crippen LogP contribution is -2.46. The first kappa shape index (κ1) is 24.9. The molecule has 10 heteroatoms. The molecule has 0 spiro atoms. The molecule has 2 aromatic heterocycles. The Bertz CT molecular complexity index is 1350. The molecule has 0 saturated carbocycles. The van der Waals surface area contributed by atoms with Gasteiger partial charge in [0.1, 0.15) is 23.9 Å². The summed E-state index contributed by atoms with van der Waals surface area (Å²) in [5.41, 5.74) is 2.13. The van der Waals surface area contributed by atoms with Gasteiger partial charge < -0.3 is 19.7 Å². The molecule has 5 rings (SSSR count). The van der Waals surface area contributed by atoms with Crippen LogP contribution in [0.25, 0.3) is 11.0 Å². The number of carbonyl (C=O) groups excluding carboxylic acids is 2. The number of ether oxygens (including phenoxy) is 2. The highest BCUT2D eigenvalue weighted by Crippen LogP contribution is 2.28. The molecule has 1 N–H and O–H groups in total. The van der Waals surface area contributed by atoms with Crippen molar-refractivity contribution in [2.75, 3.05) is 20.3 Å². The van der Waals surface area contributed by atoms with Crippen LogP contribution in [0.5, 0.6) is 5.75 Å². The number of fused-ring (bicyclic) bond motifs is 1. The van der Waals surface area contributed by atoms with Gasteiger partial charge in [0.2, 0.25) is 11.8 Å². The zero-order valence-corrected chi connectivity index (χ0v) is 21.4. The lowest BCUT2D eigenvalue weighted by molar-refractivity contribution is -0.142. The molecule has 37 heavy (non-hydrogen) atoms. The van der Waals surface area contributed by atoms with Crippen molar-refractivity contribution < 1.29 is 19.1 Å². The van der Waals surface area contributed by atoms with Gasteiger partial charge in [0.25, 0.3) is 0 Å². The predicted molar refractivity (Wildman–Crippen MR) is 140 cm³/mol. The van der Waals surface area contributed by atoms with Crippen molar-refractivity contribution in [3.63, 3.8) is 0 Å². The number of nitrogens with one attached hydrogen (secondary N) is 1. The highest BCUT2D eigenvalue weighted by Gasteiger charge is 2.33. The molecule has 1 aliphatic rings. The summed E-state index contributed by atoms with van der Waals surface area (Å²) >= 11 is 1.54. The van der Waals surface area contributed by atoms with Crippen molar-refractivity contribution in [3.05, 3.63) is 76.5 Å². The van der Waals surface area contributed by atoms with E-state index in [9.17, 15) is 9.59 Å². The van der Waals surface area contributed by atoms with Gasteiger partial charge in [-0.15, -0.1) is 16.4 Å². The van der Waals surface area contributed by atoms with Crippen LogP contribution in [-0.2, 0) is 27.4 Å². The third kappa shape index (κ3) is 5.81. The van der Waals surface area contributed by atoms with Gasteiger partial charge in [-0.2, -0.15) is 0 Å². The lowest BCUT2D eigenvalue weighted by Gasteiger charge is -2.31. The topological polar surface area (TPSA) is 98.6 Å². The van der Waals surface area contributed by atoms with Gasteiger partial charge in [0.15, 0.2) is 0 Å². The second-order valence-corrected chi connectivity index (χ2v) is 9.93. The number of thiophene rings is 1. The minimum Gasteiger partial charge on any atom is -0.497 e. The van der Waals surface area contributed by atoms with Crippen LogP contribution in [0.15, 0.2) is 66.0 Å². The van der Waals surface area contributed by atoms with Crippen LogP contribution in [0.2, 0.25) is 0 Å². The zero-order valence-electron chi connectivity index (χ0n) is 20.6. The summed E-state index contributed by atoms with van der Waals surface area (Å²) in [6, 6.07) is 17.8. The summed E-state index contributed by atoms with van der Waals surface area (Å²) in [6.45, 7) is 1.33. The Hall–Kier alpha value is -3.76. The smallest absolute Gasteiger partial charge is 0.247 e. The Morgan fingerprint density at radius 1 is 1.22 bits per heavy atom. The maximum atomic E-state index is 13.9. The standard InChI is InChI=1S/C27H29N5O4S/c1-35-20-8-4-7-19(15-20)26(27(34)28-16-21-9-5-13-36-21)31(17-22-10-6-14-37-22)25(33)18-32-24-12-3-2-11-23(24)29-30-32/h2-4,6-8,10-12,14-15,21,26H,5,9,13,16-18H2,1H3,(H,28,34)/t21-,26-/m0/s1. The minimum atomic E-state index is -0.874.